The first kappa shape index (κ1) is 61.4. The smallest absolute Gasteiger partial charge is 0.306 e. The van der Waals surface area contributed by atoms with Crippen molar-refractivity contribution in [3.05, 3.63) is 85.1 Å². The molecule has 0 spiro atoms. The second kappa shape index (κ2) is 47.4. The highest BCUT2D eigenvalue weighted by atomic mass is 16.7. The molecule has 0 saturated carbocycles. The Labute approximate surface area is 403 Å². The Hall–Kier alpha value is -2.63. The summed E-state index contributed by atoms with van der Waals surface area (Å²) in [6, 6.07) is 0. The first-order valence-electron chi connectivity index (χ1n) is 26.7. The number of carbonyl (C=O) groups excluding carboxylic acids is 1. The van der Waals surface area contributed by atoms with Crippen molar-refractivity contribution in [3.63, 3.8) is 0 Å². The summed E-state index contributed by atoms with van der Waals surface area (Å²) in [6.45, 7) is 4.40. The minimum absolute atomic E-state index is 0.126. The molecule has 1 heterocycles. The molecule has 1 saturated heterocycles. The van der Waals surface area contributed by atoms with E-state index in [4.69, 9.17) is 18.9 Å². The van der Waals surface area contributed by atoms with Gasteiger partial charge in [0.05, 0.1) is 19.8 Å². The van der Waals surface area contributed by atoms with E-state index in [1.165, 1.54) is 103 Å². The molecule has 0 aromatic carbocycles. The van der Waals surface area contributed by atoms with Crippen molar-refractivity contribution in [3.8, 4) is 0 Å². The summed E-state index contributed by atoms with van der Waals surface area (Å²) in [6.07, 6.45) is 57.5. The van der Waals surface area contributed by atoms with E-state index < -0.39 is 43.4 Å². The third kappa shape index (κ3) is 37.4. The predicted octanol–water partition coefficient (Wildman–Crippen LogP) is 13.4. The molecule has 1 aliphatic rings. The molecule has 0 bridgehead atoms. The minimum Gasteiger partial charge on any atom is -0.457 e. The number of carbonyl (C=O) groups is 1. The van der Waals surface area contributed by atoms with Crippen LogP contribution < -0.4 is 0 Å². The molecular formula is C57H98O9. The van der Waals surface area contributed by atoms with Gasteiger partial charge in [-0.15, -0.1) is 0 Å². The van der Waals surface area contributed by atoms with Crippen molar-refractivity contribution in [1.82, 2.24) is 0 Å². The van der Waals surface area contributed by atoms with Gasteiger partial charge in [0.1, 0.15) is 30.5 Å². The molecule has 6 atom stereocenters. The van der Waals surface area contributed by atoms with Crippen molar-refractivity contribution < 1.29 is 44.2 Å². The van der Waals surface area contributed by atoms with Gasteiger partial charge in [0, 0.05) is 13.0 Å². The van der Waals surface area contributed by atoms with Crippen LogP contribution in [0.1, 0.15) is 206 Å². The van der Waals surface area contributed by atoms with Crippen molar-refractivity contribution in [1.29, 1.82) is 0 Å². The molecule has 0 amide bonds. The summed E-state index contributed by atoms with van der Waals surface area (Å²) >= 11 is 0. The van der Waals surface area contributed by atoms with Crippen molar-refractivity contribution in [2.75, 3.05) is 26.4 Å². The molecule has 1 fully saturated rings. The van der Waals surface area contributed by atoms with Crippen LogP contribution >= 0.6 is 0 Å². The van der Waals surface area contributed by atoms with Gasteiger partial charge in [0.15, 0.2) is 6.29 Å². The maximum absolute atomic E-state index is 12.9. The fraction of sp³-hybridized carbons (Fsp3) is 0.737. The highest BCUT2D eigenvalue weighted by Gasteiger charge is 2.44. The van der Waals surface area contributed by atoms with E-state index in [9.17, 15) is 25.2 Å². The Morgan fingerprint density at radius 2 is 0.924 bits per heavy atom. The Bertz CT molecular complexity index is 1280. The highest BCUT2D eigenvalue weighted by Crippen LogP contribution is 2.23. The van der Waals surface area contributed by atoms with Crippen LogP contribution in [-0.4, -0.2) is 89.6 Å². The van der Waals surface area contributed by atoms with E-state index in [-0.39, 0.29) is 19.2 Å². The topological polar surface area (TPSA) is 135 Å². The van der Waals surface area contributed by atoms with Gasteiger partial charge in [-0.25, -0.2) is 0 Å². The van der Waals surface area contributed by atoms with Gasteiger partial charge in [-0.3, -0.25) is 4.79 Å². The molecule has 6 unspecified atom stereocenters. The number of hydrogen-bond acceptors (Lipinski definition) is 9. The van der Waals surface area contributed by atoms with Crippen molar-refractivity contribution >= 4 is 5.97 Å². The summed E-state index contributed by atoms with van der Waals surface area (Å²) in [4.78, 5) is 12.9. The zero-order valence-electron chi connectivity index (χ0n) is 41.9. The van der Waals surface area contributed by atoms with E-state index in [1.54, 1.807) is 0 Å². The highest BCUT2D eigenvalue weighted by molar-refractivity contribution is 5.69. The van der Waals surface area contributed by atoms with Gasteiger partial charge in [-0.2, -0.15) is 0 Å². The number of unbranched alkanes of at least 4 members (excludes halogenated alkanes) is 20. The third-order valence-electron chi connectivity index (χ3n) is 11.8. The lowest BCUT2D eigenvalue weighted by Crippen LogP contribution is -2.59. The molecule has 9 heteroatoms. The summed E-state index contributed by atoms with van der Waals surface area (Å²) in [5.74, 6) is -0.325. The Morgan fingerprint density at radius 3 is 1.39 bits per heavy atom. The molecule has 4 N–H and O–H groups in total. The molecule has 1 rings (SSSR count). The van der Waals surface area contributed by atoms with Gasteiger partial charge in [-0.05, 0) is 89.9 Å². The van der Waals surface area contributed by atoms with Crippen LogP contribution in [0.15, 0.2) is 85.1 Å². The maximum atomic E-state index is 12.9. The lowest BCUT2D eigenvalue weighted by Gasteiger charge is -2.39. The molecule has 0 aromatic rings. The molecule has 1 aliphatic heterocycles. The number of rotatable bonds is 45. The number of allylic oxidation sites excluding steroid dienone is 14. The first-order valence-corrected chi connectivity index (χ1v) is 26.7. The van der Waals surface area contributed by atoms with Crippen LogP contribution in [-0.2, 0) is 23.7 Å². The van der Waals surface area contributed by atoms with Gasteiger partial charge in [-0.1, -0.05) is 195 Å². The van der Waals surface area contributed by atoms with E-state index in [0.29, 0.717) is 13.0 Å². The molecular weight excluding hydrogens is 829 g/mol. The predicted molar refractivity (Wildman–Crippen MR) is 274 cm³/mol. The largest absolute Gasteiger partial charge is 0.457 e. The molecule has 66 heavy (non-hydrogen) atoms. The molecule has 9 nitrogen and oxygen atoms in total. The monoisotopic (exact) mass is 927 g/mol. The number of esters is 1. The van der Waals surface area contributed by atoms with Gasteiger partial charge in [0.25, 0.3) is 0 Å². The SMILES string of the molecule is CC/C=C\C/C=C\C/C=C\C/C=C\C/C=C\CCCCCCCCOCC(COC1OC(CO)C(O)C(O)C1O)OC(=O)CCCCCCCCCCC/C=C\C/C=C\CCCCCCC. The Kier molecular flexibility index (Phi) is 44.1. The van der Waals surface area contributed by atoms with Crippen LogP contribution in [0, 0.1) is 0 Å². The zero-order valence-corrected chi connectivity index (χ0v) is 41.9. The van der Waals surface area contributed by atoms with E-state index in [2.05, 4.69) is 98.9 Å². The van der Waals surface area contributed by atoms with E-state index in [1.807, 2.05) is 0 Å². The summed E-state index contributed by atoms with van der Waals surface area (Å²) in [5.41, 5.74) is 0. The van der Waals surface area contributed by atoms with Crippen molar-refractivity contribution in [2.45, 2.75) is 243 Å². The van der Waals surface area contributed by atoms with Crippen LogP contribution in [0.3, 0.4) is 0 Å². The van der Waals surface area contributed by atoms with Gasteiger partial charge < -0.3 is 39.4 Å². The fourth-order valence-corrected chi connectivity index (χ4v) is 7.67. The molecule has 0 aromatic heterocycles. The minimum atomic E-state index is -1.55. The number of hydrogen-bond donors (Lipinski definition) is 4. The van der Waals surface area contributed by atoms with Crippen LogP contribution in [0.5, 0.6) is 0 Å². The molecule has 380 valence electrons. The standard InChI is InChI=1S/C57H98O9/c1-3-5-7-9-11-13-15-17-19-21-23-25-27-29-31-33-35-37-39-41-43-45-47-63-49-51(50-64-57-56(62)55(61)54(60)52(48-58)66-57)65-53(59)46-44-42-40-38-36-34-32-30-28-26-24-22-20-18-16-14-12-10-8-6-4-2/h5,7,11,13,16-19,22-25,29,31,51-52,54-58,60-62H,3-4,6,8-10,12,14-15,20-21,26-28,30,32-50H2,1-2H3/b7-5-,13-11-,18-16-,19-17-,24-22-,25-23-,31-29-. The summed E-state index contributed by atoms with van der Waals surface area (Å²) in [7, 11) is 0. The lowest BCUT2D eigenvalue weighted by molar-refractivity contribution is -0.305. The quantitative estimate of drug-likeness (QED) is 0.0267. The van der Waals surface area contributed by atoms with Gasteiger partial charge >= 0.3 is 5.97 Å². The summed E-state index contributed by atoms with van der Waals surface area (Å²) in [5, 5.41) is 40.3. The first-order chi connectivity index (χ1) is 32.4. The average Bonchev–Trinajstić information content (AvgIpc) is 3.32. The number of ether oxygens (including phenoxy) is 4. The molecule has 0 aliphatic carbocycles. The van der Waals surface area contributed by atoms with Gasteiger partial charge in [0.2, 0.25) is 0 Å². The lowest BCUT2D eigenvalue weighted by atomic mass is 9.99. The summed E-state index contributed by atoms with van der Waals surface area (Å²) < 4.78 is 22.9. The normalized spacial score (nSPS) is 20.0. The zero-order chi connectivity index (χ0) is 47.8. The van der Waals surface area contributed by atoms with Crippen LogP contribution in [0.2, 0.25) is 0 Å². The fourth-order valence-electron chi connectivity index (χ4n) is 7.67. The number of aliphatic hydroxyl groups excluding tert-OH is 4. The second-order valence-corrected chi connectivity index (χ2v) is 17.9. The van der Waals surface area contributed by atoms with E-state index in [0.717, 1.165) is 83.5 Å². The van der Waals surface area contributed by atoms with E-state index >= 15 is 0 Å². The second-order valence-electron chi connectivity index (χ2n) is 17.9. The third-order valence-corrected chi connectivity index (χ3v) is 11.8. The maximum Gasteiger partial charge on any atom is 0.306 e. The van der Waals surface area contributed by atoms with Crippen LogP contribution in [0.25, 0.3) is 0 Å². The molecule has 0 radical (unpaired) electrons. The average molecular weight is 927 g/mol. The van der Waals surface area contributed by atoms with Crippen LogP contribution in [0.4, 0.5) is 0 Å². The Balaban J connectivity index is 2.22. The van der Waals surface area contributed by atoms with Crippen molar-refractivity contribution in [2.24, 2.45) is 0 Å². The Morgan fingerprint density at radius 1 is 0.500 bits per heavy atom. The number of aliphatic hydroxyl groups is 4.